The van der Waals surface area contributed by atoms with Crippen LogP contribution in [0.15, 0.2) is 4.99 Å². The standard InChI is InChI=1S/C10H15N5O2S/c1-6-7(18-10(13-6)14-9(11)12)8(16)15-2-4-17-5-3-15/h2-5H2,1H3,(H4,11,12,13,14). The second-order valence-electron chi connectivity index (χ2n) is 3.85. The van der Waals surface area contributed by atoms with Crippen LogP contribution in [-0.4, -0.2) is 48.1 Å². The molecular formula is C10H15N5O2S. The monoisotopic (exact) mass is 269 g/mol. The molecular weight excluding hydrogens is 254 g/mol. The van der Waals surface area contributed by atoms with Gasteiger partial charge in [-0.05, 0) is 6.92 Å². The minimum Gasteiger partial charge on any atom is -0.378 e. The molecule has 1 aromatic heterocycles. The molecule has 98 valence electrons. The SMILES string of the molecule is Cc1nc(N=C(N)N)sc1C(=O)N1CCOCC1. The number of aliphatic imine (C=N–C) groups is 1. The molecule has 0 atom stereocenters. The van der Waals surface area contributed by atoms with Crippen LogP contribution in [0.5, 0.6) is 0 Å². The number of rotatable bonds is 2. The average Bonchev–Trinajstić information content (AvgIpc) is 2.69. The number of hydrogen-bond acceptors (Lipinski definition) is 5. The van der Waals surface area contributed by atoms with Crippen LogP contribution in [0.1, 0.15) is 15.4 Å². The van der Waals surface area contributed by atoms with Crippen LogP contribution in [0.3, 0.4) is 0 Å². The number of aromatic nitrogens is 1. The summed E-state index contributed by atoms with van der Waals surface area (Å²) in [7, 11) is 0. The highest BCUT2D eigenvalue weighted by atomic mass is 32.1. The third-order valence-corrected chi connectivity index (χ3v) is 3.54. The zero-order chi connectivity index (χ0) is 13.1. The number of hydrogen-bond donors (Lipinski definition) is 2. The topological polar surface area (TPSA) is 107 Å². The first kappa shape index (κ1) is 12.8. The van der Waals surface area contributed by atoms with Crippen molar-refractivity contribution in [2.45, 2.75) is 6.92 Å². The highest BCUT2D eigenvalue weighted by Gasteiger charge is 2.23. The predicted octanol–water partition coefficient (Wildman–Crippen LogP) is -0.171. The van der Waals surface area contributed by atoms with E-state index in [4.69, 9.17) is 16.2 Å². The molecule has 1 aliphatic rings. The fraction of sp³-hybridized carbons (Fsp3) is 0.500. The molecule has 0 unspecified atom stereocenters. The van der Waals surface area contributed by atoms with Gasteiger partial charge in [0.15, 0.2) is 5.96 Å². The highest BCUT2D eigenvalue weighted by molar-refractivity contribution is 7.17. The summed E-state index contributed by atoms with van der Waals surface area (Å²) in [6, 6.07) is 0. The fourth-order valence-corrected chi connectivity index (χ4v) is 2.57. The lowest BCUT2D eigenvalue weighted by molar-refractivity contribution is 0.0305. The van der Waals surface area contributed by atoms with Gasteiger partial charge < -0.3 is 21.1 Å². The summed E-state index contributed by atoms with van der Waals surface area (Å²) in [5.74, 6) is -0.0977. The Morgan fingerprint density at radius 3 is 2.72 bits per heavy atom. The predicted molar refractivity (Wildman–Crippen MR) is 69.0 cm³/mol. The Bertz CT molecular complexity index is 475. The van der Waals surface area contributed by atoms with Crippen molar-refractivity contribution in [3.8, 4) is 0 Å². The van der Waals surface area contributed by atoms with Gasteiger partial charge in [-0.2, -0.15) is 4.99 Å². The minimum absolute atomic E-state index is 0.0367. The Balaban J connectivity index is 2.19. The van der Waals surface area contributed by atoms with E-state index in [1.165, 1.54) is 11.3 Å². The maximum absolute atomic E-state index is 12.2. The molecule has 0 bridgehead atoms. The van der Waals surface area contributed by atoms with E-state index in [1.54, 1.807) is 11.8 Å². The van der Waals surface area contributed by atoms with E-state index in [0.29, 0.717) is 42.0 Å². The van der Waals surface area contributed by atoms with Gasteiger partial charge in [-0.1, -0.05) is 11.3 Å². The molecule has 4 N–H and O–H groups in total. The highest BCUT2D eigenvalue weighted by Crippen LogP contribution is 2.26. The minimum atomic E-state index is -0.0610. The summed E-state index contributed by atoms with van der Waals surface area (Å²) < 4.78 is 5.21. The molecule has 1 amide bonds. The van der Waals surface area contributed by atoms with Crippen molar-refractivity contribution < 1.29 is 9.53 Å². The Labute approximate surface area is 108 Å². The quantitative estimate of drug-likeness (QED) is 0.572. The number of guanidine groups is 1. The van der Waals surface area contributed by atoms with Gasteiger partial charge in [0.1, 0.15) is 4.88 Å². The Morgan fingerprint density at radius 2 is 2.11 bits per heavy atom. The van der Waals surface area contributed by atoms with Gasteiger partial charge in [0, 0.05) is 13.1 Å². The van der Waals surface area contributed by atoms with Crippen LogP contribution in [-0.2, 0) is 4.74 Å². The molecule has 0 saturated carbocycles. The number of ether oxygens (including phenoxy) is 1. The number of nitrogens with two attached hydrogens (primary N) is 2. The molecule has 1 aromatic rings. The lowest BCUT2D eigenvalue weighted by atomic mass is 10.3. The van der Waals surface area contributed by atoms with Gasteiger partial charge in [-0.3, -0.25) is 4.79 Å². The number of carbonyl (C=O) groups is 1. The van der Waals surface area contributed by atoms with Gasteiger partial charge in [-0.25, -0.2) is 4.98 Å². The molecule has 1 saturated heterocycles. The number of thiazole rings is 1. The first-order valence-corrected chi connectivity index (χ1v) is 6.33. The molecule has 2 rings (SSSR count). The summed E-state index contributed by atoms with van der Waals surface area (Å²) in [6.45, 7) is 4.13. The summed E-state index contributed by atoms with van der Waals surface area (Å²) in [4.78, 5) is 22.6. The molecule has 18 heavy (non-hydrogen) atoms. The smallest absolute Gasteiger partial charge is 0.266 e. The molecule has 2 heterocycles. The second kappa shape index (κ2) is 5.32. The van der Waals surface area contributed by atoms with Gasteiger partial charge in [0.2, 0.25) is 5.13 Å². The average molecular weight is 269 g/mol. The molecule has 0 aliphatic carbocycles. The van der Waals surface area contributed by atoms with Crippen molar-refractivity contribution in [1.29, 1.82) is 0 Å². The van der Waals surface area contributed by atoms with E-state index < -0.39 is 0 Å². The van der Waals surface area contributed by atoms with E-state index in [2.05, 4.69) is 9.98 Å². The zero-order valence-corrected chi connectivity index (χ0v) is 10.9. The number of morpholine rings is 1. The summed E-state index contributed by atoms with van der Waals surface area (Å²) >= 11 is 1.20. The molecule has 0 spiro atoms. The number of aryl methyl sites for hydroxylation is 1. The third kappa shape index (κ3) is 2.77. The maximum Gasteiger partial charge on any atom is 0.266 e. The van der Waals surface area contributed by atoms with E-state index in [-0.39, 0.29) is 11.9 Å². The van der Waals surface area contributed by atoms with Crippen LogP contribution in [0.25, 0.3) is 0 Å². The van der Waals surface area contributed by atoms with Crippen LogP contribution in [0, 0.1) is 6.92 Å². The van der Waals surface area contributed by atoms with Crippen molar-refractivity contribution in [2.75, 3.05) is 26.3 Å². The lowest BCUT2D eigenvalue weighted by Gasteiger charge is -2.26. The van der Waals surface area contributed by atoms with Crippen LogP contribution in [0.2, 0.25) is 0 Å². The number of nitrogens with zero attached hydrogens (tertiary/aromatic N) is 3. The van der Waals surface area contributed by atoms with Crippen LogP contribution < -0.4 is 11.5 Å². The van der Waals surface area contributed by atoms with Crippen LogP contribution >= 0.6 is 11.3 Å². The van der Waals surface area contributed by atoms with Crippen LogP contribution in [0.4, 0.5) is 5.13 Å². The maximum atomic E-state index is 12.2. The summed E-state index contributed by atoms with van der Waals surface area (Å²) in [5.41, 5.74) is 11.2. The van der Waals surface area contributed by atoms with Gasteiger partial charge in [0.25, 0.3) is 5.91 Å². The Kier molecular flexibility index (Phi) is 3.78. The fourth-order valence-electron chi connectivity index (χ4n) is 1.65. The lowest BCUT2D eigenvalue weighted by Crippen LogP contribution is -2.40. The van der Waals surface area contributed by atoms with Gasteiger partial charge >= 0.3 is 0 Å². The largest absolute Gasteiger partial charge is 0.378 e. The van der Waals surface area contributed by atoms with Crippen molar-refractivity contribution in [3.05, 3.63) is 10.6 Å². The summed E-state index contributed by atoms with van der Waals surface area (Å²) in [6.07, 6.45) is 0. The molecule has 8 heteroatoms. The van der Waals surface area contributed by atoms with Gasteiger partial charge in [-0.15, -0.1) is 0 Å². The Hall–Kier alpha value is -1.67. The summed E-state index contributed by atoms with van der Waals surface area (Å²) in [5, 5.41) is 0.407. The first-order chi connectivity index (χ1) is 8.58. The van der Waals surface area contributed by atoms with Crippen molar-refractivity contribution in [3.63, 3.8) is 0 Å². The van der Waals surface area contributed by atoms with E-state index in [9.17, 15) is 4.79 Å². The van der Waals surface area contributed by atoms with E-state index in [1.807, 2.05) is 0 Å². The molecule has 1 fully saturated rings. The normalized spacial score (nSPS) is 15.5. The number of amides is 1. The molecule has 1 aliphatic heterocycles. The van der Waals surface area contributed by atoms with Crippen molar-refractivity contribution >= 4 is 28.3 Å². The number of carbonyl (C=O) groups excluding carboxylic acids is 1. The second-order valence-corrected chi connectivity index (χ2v) is 4.83. The molecule has 0 radical (unpaired) electrons. The third-order valence-electron chi connectivity index (χ3n) is 2.50. The zero-order valence-electron chi connectivity index (χ0n) is 10.0. The van der Waals surface area contributed by atoms with Crippen molar-refractivity contribution in [1.82, 2.24) is 9.88 Å². The van der Waals surface area contributed by atoms with E-state index in [0.717, 1.165) is 0 Å². The van der Waals surface area contributed by atoms with Crippen molar-refractivity contribution in [2.24, 2.45) is 16.5 Å². The Morgan fingerprint density at radius 1 is 1.44 bits per heavy atom. The first-order valence-electron chi connectivity index (χ1n) is 5.52. The van der Waals surface area contributed by atoms with Gasteiger partial charge in [0.05, 0.1) is 18.9 Å². The van der Waals surface area contributed by atoms with E-state index >= 15 is 0 Å². The molecule has 7 nitrogen and oxygen atoms in total. The molecule has 0 aromatic carbocycles.